The highest BCUT2D eigenvalue weighted by atomic mass is 32.1. The van der Waals surface area contributed by atoms with Gasteiger partial charge in [0.1, 0.15) is 0 Å². The Morgan fingerprint density at radius 2 is 2.45 bits per heavy atom. The Kier molecular flexibility index (Phi) is 5.57. The predicted octanol–water partition coefficient (Wildman–Crippen LogP) is 2.42. The van der Waals surface area contributed by atoms with Gasteiger partial charge in [0.25, 0.3) is 0 Å². The molecule has 0 radical (unpaired) electrons. The molecule has 20 heavy (non-hydrogen) atoms. The maximum absolute atomic E-state index is 11.6. The van der Waals surface area contributed by atoms with E-state index >= 15 is 0 Å². The van der Waals surface area contributed by atoms with Crippen molar-refractivity contribution in [2.24, 2.45) is 0 Å². The normalized spacial score (nSPS) is 25.4. The van der Waals surface area contributed by atoms with Crippen LogP contribution in [0.5, 0.6) is 0 Å². The van der Waals surface area contributed by atoms with E-state index in [1.54, 1.807) is 11.3 Å². The topological polar surface area (TPSA) is 41.6 Å². The number of hydrogen-bond donors (Lipinski definition) is 1. The molecule has 1 N–H and O–H groups in total. The zero-order valence-corrected chi connectivity index (χ0v) is 13.3. The van der Waals surface area contributed by atoms with Gasteiger partial charge in [-0.15, -0.1) is 11.3 Å². The molecule has 2 rings (SSSR count). The molecule has 0 bridgehead atoms. The fourth-order valence-corrected chi connectivity index (χ4v) is 3.49. The van der Waals surface area contributed by atoms with Crippen LogP contribution in [0.3, 0.4) is 0 Å². The number of methoxy groups -OCH3 is 1. The van der Waals surface area contributed by atoms with Crippen LogP contribution in [0, 0.1) is 0 Å². The zero-order valence-electron chi connectivity index (χ0n) is 12.5. The Hall–Kier alpha value is -0.910. The summed E-state index contributed by atoms with van der Waals surface area (Å²) in [7, 11) is 3.62. The SMILES string of the molecule is COC(=O)CC(NC1CCN(C)C(C)C1)c1cccs1. The lowest BCUT2D eigenvalue weighted by molar-refractivity contribution is -0.141. The lowest BCUT2D eigenvalue weighted by atomic mass is 9.97. The van der Waals surface area contributed by atoms with Gasteiger partial charge < -0.3 is 15.0 Å². The molecule has 0 saturated carbocycles. The largest absolute Gasteiger partial charge is 0.469 e. The van der Waals surface area contributed by atoms with Gasteiger partial charge >= 0.3 is 5.97 Å². The third-order valence-corrected chi connectivity index (χ3v) is 5.12. The quantitative estimate of drug-likeness (QED) is 0.847. The maximum Gasteiger partial charge on any atom is 0.307 e. The number of thiophene rings is 1. The van der Waals surface area contributed by atoms with E-state index in [0.29, 0.717) is 18.5 Å². The smallest absolute Gasteiger partial charge is 0.307 e. The van der Waals surface area contributed by atoms with Gasteiger partial charge in [-0.05, 0) is 44.8 Å². The average Bonchev–Trinajstić information content (AvgIpc) is 2.96. The van der Waals surface area contributed by atoms with E-state index in [9.17, 15) is 4.79 Å². The first-order valence-corrected chi connectivity index (χ1v) is 8.04. The number of hydrogen-bond acceptors (Lipinski definition) is 5. The summed E-state index contributed by atoms with van der Waals surface area (Å²) < 4.78 is 4.82. The van der Waals surface area contributed by atoms with Crippen molar-refractivity contribution in [2.75, 3.05) is 20.7 Å². The monoisotopic (exact) mass is 296 g/mol. The molecule has 0 spiro atoms. The van der Waals surface area contributed by atoms with Crippen molar-refractivity contribution in [1.82, 2.24) is 10.2 Å². The molecule has 3 atom stereocenters. The third kappa shape index (κ3) is 4.04. The molecule has 0 aliphatic carbocycles. The number of rotatable bonds is 5. The number of piperidine rings is 1. The van der Waals surface area contributed by atoms with Crippen LogP contribution in [-0.4, -0.2) is 43.7 Å². The minimum atomic E-state index is -0.156. The Labute approximate surface area is 125 Å². The number of nitrogens with one attached hydrogen (secondary N) is 1. The van der Waals surface area contributed by atoms with Crippen LogP contribution in [0.15, 0.2) is 17.5 Å². The molecule has 4 nitrogen and oxygen atoms in total. The van der Waals surface area contributed by atoms with Crippen molar-refractivity contribution >= 4 is 17.3 Å². The summed E-state index contributed by atoms with van der Waals surface area (Å²) in [6, 6.07) is 5.25. The second-order valence-corrected chi connectivity index (χ2v) is 6.55. The Morgan fingerprint density at radius 3 is 3.05 bits per heavy atom. The van der Waals surface area contributed by atoms with E-state index in [1.165, 1.54) is 12.0 Å². The van der Waals surface area contributed by atoms with Gasteiger partial charge in [-0.3, -0.25) is 4.79 Å². The van der Waals surface area contributed by atoms with E-state index in [-0.39, 0.29) is 12.0 Å². The molecule has 0 aromatic carbocycles. The van der Waals surface area contributed by atoms with Gasteiger partial charge in [0.2, 0.25) is 0 Å². The number of nitrogens with zero attached hydrogens (tertiary/aromatic N) is 1. The van der Waals surface area contributed by atoms with Crippen molar-refractivity contribution in [1.29, 1.82) is 0 Å². The molecule has 3 unspecified atom stereocenters. The summed E-state index contributed by atoms with van der Waals surface area (Å²) in [6.07, 6.45) is 2.65. The van der Waals surface area contributed by atoms with E-state index in [4.69, 9.17) is 4.74 Å². The van der Waals surface area contributed by atoms with Gasteiger partial charge in [0.05, 0.1) is 19.6 Å². The zero-order chi connectivity index (χ0) is 14.5. The molecule has 112 valence electrons. The van der Waals surface area contributed by atoms with Crippen LogP contribution in [0.25, 0.3) is 0 Å². The number of carbonyl (C=O) groups is 1. The lowest BCUT2D eigenvalue weighted by Gasteiger charge is -2.37. The highest BCUT2D eigenvalue weighted by molar-refractivity contribution is 7.10. The second kappa shape index (κ2) is 7.20. The summed E-state index contributed by atoms with van der Waals surface area (Å²) in [5.41, 5.74) is 0. The molecule has 0 amide bonds. The summed E-state index contributed by atoms with van der Waals surface area (Å²) in [6.45, 7) is 3.36. The first-order chi connectivity index (χ1) is 9.60. The fraction of sp³-hybridized carbons (Fsp3) is 0.667. The Morgan fingerprint density at radius 1 is 1.65 bits per heavy atom. The summed E-state index contributed by atoms with van der Waals surface area (Å²) >= 11 is 1.69. The highest BCUT2D eigenvalue weighted by Gasteiger charge is 2.26. The van der Waals surface area contributed by atoms with Gasteiger partial charge in [0.15, 0.2) is 0 Å². The van der Waals surface area contributed by atoms with Crippen LogP contribution in [0.4, 0.5) is 0 Å². The van der Waals surface area contributed by atoms with Crippen molar-refractivity contribution < 1.29 is 9.53 Å². The average molecular weight is 296 g/mol. The molecule has 1 fully saturated rings. The molecular formula is C15H24N2O2S. The standard InChI is InChI=1S/C15H24N2O2S/c1-11-9-12(6-7-17(11)2)16-13(10-15(18)19-3)14-5-4-8-20-14/h4-5,8,11-13,16H,6-7,9-10H2,1-3H3. The minimum Gasteiger partial charge on any atom is -0.469 e. The van der Waals surface area contributed by atoms with Crippen molar-refractivity contribution in [2.45, 2.75) is 44.3 Å². The van der Waals surface area contributed by atoms with Crippen molar-refractivity contribution in [3.05, 3.63) is 22.4 Å². The molecule has 1 aliphatic heterocycles. The number of carbonyl (C=O) groups excluding carboxylic acids is 1. The van der Waals surface area contributed by atoms with Crippen molar-refractivity contribution in [3.8, 4) is 0 Å². The Bertz CT molecular complexity index is 422. The van der Waals surface area contributed by atoms with Crippen LogP contribution >= 0.6 is 11.3 Å². The lowest BCUT2D eigenvalue weighted by Crippen LogP contribution is -2.46. The summed E-state index contributed by atoms with van der Waals surface area (Å²) in [4.78, 5) is 15.2. The molecule has 5 heteroatoms. The van der Waals surface area contributed by atoms with Gasteiger partial charge in [-0.1, -0.05) is 6.07 Å². The van der Waals surface area contributed by atoms with Crippen molar-refractivity contribution in [3.63, 3.8) is 0 Å². The fourth-order valence-electron chi connectivity index (χ4n) is 2.71. The van der Waals surface area contributed by atoms with E-state index in [1.807, 2.05) is 6.07 Å². The van der Waals surface area contributed by atoms with Gasteiger partial charge in [-0.2, -0.15) is 0 Å². The second-order valence-electron chi connectivity index (χ2n) is 5.57. The molecule has 1 aromatic rings. The van der Waals surface area contributed by atoms with E-state index < -0.39 is 0 Å². The third-order valence-electron chi connectivity index (χ3n) is 4.13. The number of likely N-dealkylation sites (tertiary alicyclic amines) is 1. The molecule has 1 aromatic heterocycles. The van der Waals surface area contributed by atoms with Crippen LogP contribution in [-0.2, 0) is 9.53 Å². The predicted molar refractivity (Wildman–Crippen MR) is 81.9 cm³/mol. The molecule has 1 aliphatic rings. The van der Waals surface area contributed by atoms with Crippen LogP contribution < -0.4 is 5.32 Å². The van der Waals surface area contributed by atoms with E-state index in [0.717, 1.165) is 19.4 Å². The number of esters is 1. The first kappa shape index (κ1) is 15.5. The summed E-state index contributed by atoms with van der Waals surface area (Å²) in [5, 5.41) is 5.71. The minimum absolute atomic E-state index is 0.0723. The number of ether oxygens (including phenoxy) is 1. The van der Waals surface area contributed by atoms with E-state index in [2.05, 4.69) is 35.6 Å². The maximum atomic E-state index is 11.6. The Balaban J connectivity index is 1.99. The highest BCUT2D eigenvalue weighted by Crippen LogP contribution is 2.25. The first-order valence-electron chi connectivity index (χ1n) is 7.16. The molecule has 2 heterocycles. The summed E-state index contributed by atoms with van der Waals surface area (Å²) in [5.74, 6) is -0.156. The molecular weight excluding hydrogens is 272 g/mol. The van der Waals surface area contributed by atoms with Gasteiger partial charge in [0, 0.05) is 17.0 Å². The van der Waals surface area contributed by atoms with Crippen LogP contribution in [0.2, 0.25) is 0 Å². The molecule has 1 saturated heterocycles. The van der Waals surface area contributed by atoms with Gasteiger partial charge in [-0.25, -0.2) is 0 Å². The van der Waals surface area contributed by atoms with Crippen LogP contribution in [0.1, 0.15) is 37.1 Å².